The van der Waals surface area contributed by atoms with E-state index in [1.807, 2.05) is 18.3 Å². The maximum Gasteiger partial charge on any atom is 0.224 e. The fraction of sp³-hybridized carbons (Fsp3) is 0.385. The molecule has 0 bridgehead atoms. The molecule has 0 aliphatic heterocycles. The van der Waals surface area contributed by atoms with Crippen molar-refractivity contribution in [3.63, 3.8) is 0 Å². The van der Waals surface area contributed by atoms with Crippen molar-refractivity contribution in [3.05, 3.63) is 38.4 Å². The molecule has 0 radical (unpaired) electrons. The van der Waals surface area contributed by atoms with E-state index in [0.29, 0.717) is 0 Å². The van der Waals surface area contributed by atoms with Crippen LogP contribution >= 0.6 is 22.9 Å². The second kappa shape index (κ2) is 4.86. The predicted molar refractivity (Wildman–Crippen MR) is 75.4 cm³/mol. The Balaban J connectivity index is 1.71. The van der Waals surface area contributed by atoms with E-state index >= 15 is 0 Å². The van der Waals surface area contributed by atoms with Crippen LogP contribution < -0.4 is 5.32 Å². The zero-order valence-corrected chi connectivity index (χ0v) is 11.7. The van der Waals surface area contributed by atoms with E-state index in [9.17, 15) is 0 Å². The highest BCUT2D eigenvalue weighted by Gasteiger charge is 2.14. The molecule has 18 heavy (non-hydrogen) atoms. The van der Waals surface area contributed by atoms with Crippen LogP contribution in [0.3, 0.4) is 0 Å². The van der Waals surface area contributed by atoms with E-state index in [0.717, 1.165) is 17.9 Å². The number of halogens is 1. The second-order valence-electron chi connectivity index (χ2n) is 4.54. The van der Waals surface area contributed by atoms with E-state index in [4.69, 9.17) is 11.6 Å². The zero-order valence-electron chi connectivity index (χ0n) is 10.2. The minimum atomic E-state index is 0.289. The van der Waals surface area contributed by atoms with E-state index < -0.39 is 0 Å². The highest BCUT2D eigenvalue weighted by molar-refractivity contribution is 7.12. The molecule has 0 unspecified atom stereocenters. The van der Waals surface area contributed by atoms with Crippen molar-refractivity contribution in [1.82, 2.24) is 9.97 Å². The van der Waals surface area contributed by atoms with Gasteiger partial charge in [0.1, 0.15) is 5.82 Å². The molecule has 1 N–H and O–H groups in total. The number of anilines is 1. The van der Waals surface area contributed by atoms with Crippen LogP contribution in [0.4, 0.5) is 5.82 Å². The second-order valence-corrected chi connectivity index (χ2v) is 6.10. The summed E-state index contributed by atoms with van der Waals surface area (Å²) in [6.07, 6.45) is 5.55. The highest BCUT2D eigenvalue weighted by Crippen LogP contribution is 2.31. The van der Waals surface area contributed by atoms with Crippen molar-refractivity contribution in [3.8, 4) is 0 Å². The quantitative estimate of drug-likeness (QED) is 0.873. The molecule has 0 saturated heterocycles. The van der Waals surface area contributed by atoms with Crippen LogP contribution in [0.15, 0.2) is 12.3 Å². The molecule has 3 nitrogen and oxygen atoms in total. The van der Waals surface area contributed by atoms with Gasteiger partial charge in [0.15, 0.2) is 0 Å². The van der Waals surface area contributed by atoms with Crippen LogP contribution in [0, 0.1) is 6.92 Å². The average Bonchev–Trinajstić information content (AvgIpc) is 2.90. The van der Waals surface area contributed by atoms with Gasteiger partial charge in [-0.15, -0.1) is 11.3 Å². The molecule has 0 amide bonds. The van der Waals surface area contributed by atoms with Gasteiger partial charge in [-0.3, -0.25) is 0 Å². The third-order valence-corrected chi connectivity index (χ3v) is 4.59. The summed E-state index contributed by atoms with van der Waals surface area (Å²) in [6.45, 7) is 2.79. The highest BCUT2D eigenvalue weighted by atomic mass is 35.5. The first-order valence-electron chi connectivity index (χ1n) is 6.06. The van der Waals surface area contributed by atoms with Gasteiger partial charge in [0.25, 0.3) is 0 Å². The Labute approximate surface area is 115 Å². The molecule has 1 aliphatic carbocycles. The van der Waals surface area contributed by atoms with Crippen LogP contribution in [-0.2, 0) is 19.4 Å². The minimum Gasteiger partial charge on any atom is -0.365 e. The topological polar surface area (TPSA) is 37.8 Å². The normalized spacial score (nSPS) is 13.7. The molecule has 2 aromatic rings. The maximum atomic E-state index is 5.80. The van der Waals surface area contributed by atoms with Crippen molar-refractivity contribution < 1.29 is 0 Å². The Bertz CT molecular complexity index is 558. The van der Waals surface area contributed by atoms with E-state index in [1.54, 1.807) is 11.1 Å². The van der Waals surface area contributed by atoms with Crippen LogP contribution in [0.2, 0.25) is 5.28 Å². The van der Waals surface area contributed by atoms with Crippen LogP contribution in [0.1, 0.15) is 27.3 Å². The number of thiophene rings is 1. The van der Waals surface area contributed by atoms with Gasteiger partial charge in [0, 0.05) is 21.5 Å². The van der Waals surface area contributed by atoms with Gasteiger partial charge < -0.3 is 5.32 Å². The smallest absolute Gasteiger partial charge is 0.224 e. The van der Waals surface area contributed by atoms with Gasteiger partial charge in [-0.05, 0) is 49.4 Å². The van der Waals surface area contributed by atoms with Crippen LogP contribution in [0.25, 0.3) is 0 Å². The Kier molecular flexibility index (Phi) is 3.22. The number of nitrogens with one attached hydrogen (secondary N) is 1. The molecule has 1 aliphatic rings. The van der Waals surface area contributed by atoms with E-state index in [-0.39, 0.29) is 5.28 Å². The first kappa shape index (κ1) is 11.9. The Morgan fingerprint density at radius 1 is 1.44 bits per heavy atom. The lowest BCUT2D eigenvalue weighted by atomic mass is 10.2. The molecule has 2 aromatic heterocycles. The average molecular weight is 280 g/mol. The number of hydrogen-bond acceptors (Lipinski definition) is 4. The molecule has 2 heterocycles. The number of nitrogens with zero attached hydrogens (tertiary/aromatic N) is 2. The van der Waals surface area contributed by atoms with Crippen molar-refractivity contribution in [1.29, 1.82) is 0 Å². The molecule has 0 saturated carbocycles. The summed E-state index contributed by atoms with van der Waals surface area (Å²) in [5, 5.41) is 3.62. The summed E-state index contributed by atoms with van der Waals surface area (Å²) in [5.41, 5.74) is 2.55. The van der Waals surface area contributed by atoms with Gasteiger partial charge in [0.2, 0.25) is 5.28 Å². The molecule has 3 rings (SSSR count). The number of aromatic nitrogens is 2. The molecular weight excluding hydrogens is 266 g/mol. The summed E-state index contributed by atoms with van der Waals surface area (Å²) in [7, 11) is 0. The van der Waals surface area contributed by atoms with Crippen molar-refractivity contribution >= 4 is 28.8 Å². The van der Waals surface area contributed by atoms with Gasteiger partial charge in [0.05, 0.1) is 6.54 Å². The predicted octanol–water partition coefficient (Wildman–Crippen LogP) is 3.60. The van der Waals surface area contributed by atoms with Crippen LogP contribution in [0.5, 0.6) is 0 Å². The lowest BCUT2D eigenvalue weighted by molar-refractivity contribution is 0.913. The zero-order chi connectivity index (χ0) is 12.5. The molecule has 0 fully saturated rings. The van der Waals surface area contributed by atoms with Gasteiger partial charge >= 0.3 is 0 Å². The summed E-state index contributed by atoms with van der Waals surface area (Å²) in [6, 6.07) is 2.32. The fourth-order valence-electron chi connectivity index (χ4n) is 2.25. The summed E-state index contributed by atoms with van der Waals surface area (Å²) in [4.78, 5) is 11.1. The lowest BCUT2D eigenvalue weighted by Gasteiger charge is -2.06. The Hall–Kier alpha value is -1.13. The van der Waals surface area contributed by atoms with Crippen LogP contribution in [-0.4, -0.2) is 9.97 Å². The Morgan fingerprint density at radius 2 is 2.33 bits per heavy atom. The van der Waals surface area contributed by atoms with Crippen molar-refractivity contribution in [2.45, 2.75) is 32.7 Å². The summed E-state index contributed by atoms with van der Waals surface area (Å²) < 4.78 is 0. The molecular formula is C13H14ClN3S. The first-order valence-corrected chi connectivity index (χ1v) is 7.25. The number of hydrogen-bond donors (Lipinski definition) is 1. The van der Waals surface area contributed by atoms with Gasteiger partial charge in [-0.2, -0.15) is 0 Å². The molecule has 0 aromatic carbocycles. The minimum absolute atomic E-state index is 0.289. The fourth-order valence-corrected chi connectivity index (χ4v) is 3.58. The molecule has 5 heteroatoms. The SMILES string of the molecule is Cc1cnc(Cl)nc1NCc1cc2c(s1)CCC2. The van der Waals surface area contributed by atoms with Gasteiger partial charge in [-0.25, -0.2) is 9.97 Å². The number of aryl methyl sites for hydroxylation is 3. The monoisotopic (exact) mass is 279 g/mol. The van der Waals surface area contributed by atoms with Crippen molar-refractivity contribution in [2.24, 2.45) is 0 Å². The van der Waals surface area contributed by atoms with Gasteiger partial charge in [-0.1, -0.05) is 0 Å². The van der Waals surface area contributed by atoms with Crippen molar-refractivity contribution in [2.75, 3.05) is 5.32 Å². The summed E-state index contributed by atoms with van der Waals surface area (Å²) >= 11 is 7.71. The summed E-state index contributed by atoms with van der Waals surface area (Å²) in [5.74, 6) is 0.823. The third kappa shape index (κ3) is 2.35. The standard InChI is InChI=1S/C13H14ClN3S/c1-8-6-16-13(14)17-12(8)15-7-10-5-9-3-2-4-11(9)18-10/h5-6H,2-4,7H2,1H3,(H,15,16,17). The molecule has 0 spiro atoms. The number of fused-ring (bicyclic) bond motifs is 1. The lowest BCUT2D eigenvalue weighted by Crippen LogP contribution is -2.03. The van der Waals surface area contributed by atoms with E-state index in [1.165, 1.54) is 29.7 Å². The maximum absolute atomic E-state index is 5.80. The molecule has 94 valence electrons. The Morgan fingerprint density at radius 3 is 3.17 bits per heavy atom. The largest absolute Gasteiger partial charge is 0.365 e. The third-order valence-electron chi connectivity index (χ3n) is 3.17. The first-order chi connectivity index (χ1) is 8.72. The molecule has 0 atom stereocenters. The number of rotatable bonds is 3. The van der Waals surface area contributed by atoms with E-state index in [2.05, 4.69) is 21.4 Å².